The van der Waals surface area contributed by atoms with Gasteiger partial charge in [0.25, 0.3) is 5.91 Å². The number of hydrogen-bond acceptors (Lipinski definition) is 2. The molecular weight excluding hydrogens is 262 g/mol. The molecule has 1 aliphatic heterocycles. The number of amides is 1. The van der Waals surface area contributed by atoms with Crippen LogP contribution in [0.3, 0.4) is 0 Å². The molecule has 112 valence electrons. The summed E-state index contributed by atoms with van der Waals surface area (Å²) in [6.45, 7) is 4.01. The minimum Gasteiger partial charge on any atom is -0.395 e. The van der Waals surface area contributed by atoms with Crippen LogP contribution in [0.4, 0.5) is 0 Å². The van der Waals surface area contributed by atoms with E-state index in [0.717, 1.165) is 25.1 Å². The predicted molar refractivity (Wildman–Crippen MR) is 83.9 cm³/mol. The van der Waals surface area contributed by atoms with E-state index in [1.165, 1.54) is 12.8 Å². The van der Waals surface area contributed by atoms with Gasteiger partial charge in [0.05, 0.1) is 6.61 Å². The Bertz CT molecular complexity index is 542. The average molecular weight is 285 g/mol. The first-order valence-electron chi connectivity index (χ1n) is 7.73. The van der Waals surface area contributed by atoms with Crippen LogP contribution in [0.1, 0.15) is 48.5 Å². The van der Waals surface area contributed by atoms with Crippen molar-refractivity contribution in [1.82, 2.24) is 4.90 Å². The smallest absolute Gasteiger partial charge is 0.253 e. The molecule has 1 saturated heterocycles. The van der Waals surface area contributed by atoms with Crippen LogP contribution < -0.4 is 0 Å². The molecule has 0 bridgehead atoms. The van der Waals surface area contributed by atoms with Crippen molar-refractivity contribution < 1.29 is 9.90 Å². The Morgan fingerprint density at radius 1 is 1.48 bits per heavy atom. The maximum absolute atomic E-state index is 12.5. The molecule has 3 heteroatoms. The Morgan fingerprint density at radius 3 is 3.10 bits per heavy atom. The fraction of sp³-hybridized carbons (Fsp3) is 0.500. The quantitative estimate of drug-likeness (QED) is 0.864. The van der Waals surface area contributed by atoms with Gasteiger partial charge in [-0.15, -0.1) is 0 Å². The Kier molecular flexibility index (Phi) is 5.83. The normalized spacial score (nSPS) is 17.4. The number of benzene rings is 1. The zero-order chi connectivity index (χ0) is 15.1. The molecular formula is C18H23NO2. The van der Waals surface area contributed by atoms with E-state index in [0.29, 0.717) is 17.9 Å². The molecule has 1 atom stereocenters. The third-order valence-electron chi connectivity index (χ3n) is 3.85. The largest absolute Gasteiger partial charge is 0.395 e. The van der Waals surface area contributed by atoms with Crippen LogP contribution >= 0.6 is 0 Å². The van der Waals surface area contributed by atoms with Crippen LogP contribution in [0.15, 0.2) is 24.3 Å². The molecule has 0 aromatic heterocycles. The highest BCUT2D eigenvalue weighted by atomic mass is 16.2. The van der Waals surface area contributed by atoms with Gasteiger partial charge in [0.15, 0.2) is 0 Å². The first kappa shape index (κ1) is 15.6. The Labute approximate surface area is 127 Å². The second-order valence-corrected chi connectivity index (χ2v) is 5.55. The van der Waals surface area contributed by atoms with Crippen LogP contribution in [0.2, 0.25) is 0 Å². The Morgan fingerprint density at radius 2 is 2.33 bits per heavy atom. The van der Waals surface area contributed by atoms with Crippen molar-refractivity contribution in [2.75, 3.05) is 19.7 Å². The Hall–Kier alpha value is -1.79. The number of aliphatic hydroxyl groups is 1. The Balaban J connectivity index is 2.03. The van der Waals surface area contributed by atoms with Gasteiger partial charge < -0.3 is 10.0 Å². The first-order chi connectivity index (χ1) is 10.2. The lowest BCUT2D eigenvalue weighted by Gasteiger charge is -2.16. The molecule has 1 aliphatic rings. The monoisotopic (exact) mass is 285 g/mol. The molecule has 1 unspecified atom stereocenters. The lowest BCUT2D eigenvalue weighted by Crippen LogP contribution is -2.28. The molecule has 1 amide bonds. The van der Waals surface area contributed by atoms with E-state index >= 15 is 0 Å². The summed E-state index contributed by atoms with van der Waals surface area (Å²) in [7, 11) is 0. The molecule has 2 rings (SSSR count). The molecule has 1 fully saturated rings. The number of carbonyl (C=O) groups is 1. The molecule has 21 heavy (non-hydrogen) atoms. The van der Waals surface area contributed by atoms with Crippen LogP contribution in [0.5, 0.6) is 0 Å². The van der Waals surface area contributed by atoms with E-state index in [4.69, 9.17) is 5.11 Å². The minimum atomic E-state index is 0.0677. The molecule has 1 aromatic rings. The van der Waals surface area contributed by atoms with Crippen molar-refractivity contribution >= 4 is 5.91 Å². The highest BCUT2D eigenvalue weighted by Crippen LogP contribution is 2.22. The number of nitrogens with zero attached hydrogens (tertiary/aromatic N) is 1. The molecule has 0 saturated carbocycles. The van der Waals surface area contributed by atoms with Gasteiger partial charge in [0.1, 0.15) is 0 Å². The SMILES string of the molecule is CCCC1CCN(C(=O)c2cccc(C#CCCO)c2)C1. The van der Waals surface area contributed by atoms with E-state index in [9.17, 15) is 4.79 Å². The van der Waals surface area contributed by atoms with Crippen molar-refractivity contribution in [2.24, 2.45) is 5.92 Å². The molecule has 1 N–H and O–H groups in total. The first-order valence-corrected chi connectivity index (χ1v) is 7.73. The van der Waals surface area contributed by atoms with Gasteiger partial charge in [-0.2, -0.15) is 0 Å². The van der Waals surface area contributed by atoms with Crippen molar-refractivity contribution in [3.8, 4) is 11.8 Å². The number of hydrogen-bond donors (Lipinski definition) is 1. The van der Waals surface area contributed by atoms with Crippen LogP contribution in [-0.4, -0.2) is 35.6 Å². The van der Waals surface area contributed by atoms with Crippen LogP contribution in [0, 0.1) is 17.8 Å². The van der Waals surface area contributed by atoms with Crippen molar-refractivity contribution in [2.45, 2.75) is 32.6 Å². The molecule has 1 heterocycles. The third-order valence-corrected chi connectivity index (χ3v) is 3.85. The fourth-order valence-corrected chi connectivity index (χ4v) is 2.79. The highest BCUT2D eigenvalue weighted by molar-refractivity contribution is 5.94. The molecule has 0 radical (unpaired) electrons. The van der Waals surface area contributed by atoms with Gasteiger partial charge in [0.2, 0.25) is 0 Å². The maximum atomic E-state index is 12.5. The summed E-state index contributed by atoms with van der Waals surface area (Å²) in [6.07, 6.45) is 3.97. The highest BCUT2D eigenvalue weighted by Gasteiger charge is 2.26. The van der Waals surface area contributed by atoms with E-state index < -0.39 is 0 Å². The summed E-state index contributed by atoms with van der Waals surface area (Å²) in [5.41, 5.74) is 1.54. The van der Waals surface area contributed by atoms with Gasteiger partial charge in [-0.3, -0.25) is 4.79 Å². The van der Waals surface area contributed by atoms with E-state index in [1.807, 2.05) is 29.2 Å². The van der Waals surface area contributed by atoms with Gasteiger partial charge in [-0.25, -0.2) is 0 Å². The molecule has 3 nitrogen and oxygen atoms in total. The fourth-order valence-electron chi connectivity index (χ4n) is 2.79. The zero-order valence-corrected chi connectivity index (χ0v) is 12.6. The van der Waals surface area contributed by atoms with E-state index in [-0.39, 0.29) is 12.5 Å². The summed E-state index contributed by atoms with van der Waals surface area (Å²) in [5.74, 6) is 6.64. The number of likely N-dealkylation sites (tertiary alicyclic amines) is 1. The molecule has 1 aromatic carbocycles. The summed E-state index contributed by atoms with van der Waals surface area (Å²) in [4.78, 5) is 14.5. The van der Waals surface area contributed by atoms with Gasteiger partial charge in [0, 0.05) is 30.6 Å². The summed E-state index contributed by atoms with van der Waals surface area (Å²) >= 11 is 0. The van der Waals surface area contributed by atoms with Gasteiger partial charge >= 0.3 is 0 Å². The number of aliphatic hydroxyl groups excluding tert-OH is 1. The zero-order valence-electron chi connectivity index (χ0n) is 12.6. The van der Waals surface area contributed by atoms with Crippen molar-refractivity contribution in [1.29, 1.82) is 0 Å². The molecule has 0 spiro atoms. The summed E-state index contributed by atoms with van der Waals surface area (Å²) in [5, 5.41) is 8.74. The van der Waals surface area contributed by atoms with Gasteiger partial charge in [-0.1, -0.05) is 31.3 Å². The minimum absolute atomic E-state index is 0.0677. The summed E-state index contributed by atoms with van der Waals surface area (Å²) in [6, 6.07) is 7.47. The standard InChI is InChI=1S/C18H23NO2/c1-2-6-16-10-11-19(14-16)18(21)17-9-5-8-15(13-17)7-3-4-12-20/h5,8-9,13,16,20H,2,4,6,10-12,14H2,1H3. The van der Waals surface area contributed by atoms with Crippen molar-refractivity contribution in [3.05, 3.63) is 35.4 Å². The second-order valence-electron chi connectivity index (χ2n) is 5.55. The van der Waals surface area contributed by atoms with Crippen LogP contribution in [-0.2, 0) is 0 Å². The predicted octanol–water partition coefficient (Wildman–Crippen LogP) is 2.68. The number of carbonyl (C=O) groups excluding carboxylic acids is 1. The van der Waals surface area contributed by atoms with Crippen LogP contribution in [0.25, 0.3) is 0 Å². The lowest BCUT2D eigenvalue weighted by molar-refractivity contribution is 0.0786. The lowest BCUT2D eigenvalue weighted by atomic mass is 10.0. The average Bonchev–Trinajstić information content (AvgIpc) is 2.96. The maximum Gasteiger partial charge on any atom is 0.253 e. The van der Waals surface area contributed by atoms with E-state index in [1.54, 1.807) is 0 Å². The second kappa shape index (κ2) is 7.85. The number of rotatable bonds is 4. The third kappa shape index (κ3) is 4.34. The van der Waals surface area contributed by atoms with E-state index in [2.05, 4.69) is 18.8 Å². The topological polar surface area (TPSA) is 40.5 Å². The molecule has 0 aliphatic carbocycles. The van der Waals surface area contributed by atoms with Crippen molar-refractivity contribution in [3.63, 3.8) is 0 Å². The summed E-state index contributed by atoms with van der Waals surface area (Å²) < 4.78 is 0. The van der Waals surface area contributed by atoms with Gasteiger partial charge in [-0.05, 0) is 37.0 Å².